The van der Waals surface area contributed by atoms with Crippen LogP contribution in [0.25, 0.3) is 0 Å². The molecule has 2 amide bonds. The number of nitrogen functional groups attached to an aromatic ring is 1. The van der Waals surface area contributed by atoms with Gasteiger partial charge in [0.2, 0.25) is 5.91 Å². The second-order valence-corrected chi connectivity index (χ2v) is 4.80. The molecular formula is C13H20N4O2. The first-order valence-corrected chi connectivity index (χ1v) is 6.20. The standard InChI is InChI=1S/C13H20N4O2/c1-8(2)7-16-12(18)9(3)17-13(19)10-4-5-15-11(14)6-10/h4-6,8-9H,7H2,1-3H3,(H2,14,15)(H,16,18)(H,17,19). The van der Waals surface area contributed by atoms with Crippen LogP contribution in [-0.2, 0) is 4.79 Å². The van der Waals surface area contributed by atoms with Crippen LogP contribution in [0, 0.1) is 5.92 Å². The van der Waals surface area contributed by atoms with E-state index in [1.54, 1.807) is 13.0 Å². The molecule has 6 heteroatoms. The molecule has 0 aromatic carbocycles. The number of carbonyl (C=O) groups excluding carboxylic acids is 2. The Balaban J connectivity index is 2.54. The van der Waals surface area contributed by atoms with E-state index in [2.05, 4.69) is 15.6 Å². The smallest absolute Gasteiger partial charge is 0.252 e. The Morgan fingerprint density at radius 2 is 2.05 bits per heavy atom. The van der Waals surface area contributed by atoms with E-state index in [1.165, 1.54) is 12.3 Å². The van der Waals surface area contributed by atoms with E-state index in [1.807, 2.05) is 13.8 Å². The van der Waals surface area contributed by atoms with Crippen molar-refractivity contribution in [2.75, 3.05) is 12.3 Å². The molecule has 0 aliphatic carbocycles. The Labute approximate surface area is 112 Å². The van der Waals surface area contributed by atoms with Gasteiger partial charge in [0.15, 0.2) is 0 Å². The number of nitrogens with one attached hydrogen (secondary N) is 2. The molecule has 0 radical (unpaired) electrons. The summed E-state index contributed by atoms with van der Waals surface area (Å²) in [6.07, 6.45) is 1.45. The second-order valence-electron chi connectivity index (χ2n) is 4.80. The third-order valence-corrected chi connectivity index (χ3v) is 2.47. The van der Waals surface area contributed by atoms with Crippen molar-refractivity contribution in [1.29, 1.82) is 0 Å². The molecule has 104 valence electrons. The fraction of sp³-hybridized carbons (Fsp3) is 0.462. The first kappa shape index (κ1) is 14.9. The minimum absolute atomic E-state index is 0.205. The van der Waals surface area contributed by atoms with Crippen LogP contribution in [0.2, 0.25) is 0 Å². The topological polar surface area (TPSA) is 97.1 Å². The molecule has 0 aliphatic rings. The fourth-order valence-electron chi connectivity index (χ4n) is 1.39. The van der Waals surface area contributed by atoms with Crippen LogP contribution in [0.1, 0.15) is 31.1 Å². The van der Waals surface area contributed by atoms with Gasteiger partial charge in [-0.1, -0.05) is 13.8 Å². The average Bonchev–Trinajstić information content (AvgIpc) is 2.35. The largest absolute Gasteiger partial charge is 0.384 e. The lowest BCUT2D eigenvalue weighted by Gasteiger charge is -2.15. The molecule has 0 saturated carbocycles. The monoisotopic (exact) mass is 264 g/mol. The number of nitrogens with two attached hydrogens (primary N) is 1. The van der Waals surface area contributed by atoms with E-state index in [-0.39, 0.29) is 17.6 Å². The summed E-state index contributed by atoms with van der Waals surface area (Å²) in [6.45, 7) is 6.23. The number of nitrogens with zero attached hydrogens (tertiary/aromatic N) is 1. The van der Waals surface area contributed by atoms with Gasteiger partial charge in [-0.05, 0) is 25.0 Å². The normalized spacial score (nSPS) is 12.0. The zero-order valence-corrected chi connectivity index (χ0v) is 11.4. The van der Waals surface area contributed by atoms with Gasteiger partial charge in [0.05, 0.1) is 0 Å². The minimum Gasteiger partial charge on any atom is -0.384 e. The van der Waals surface area contributed by atoms with Gasteiger partial charge in [-0.2, -0.15) is 0 Å². The Bertz CT molecular complexity index is 460. The van der Waals surface area contributed by atoms with Crippen LogP contribution in [0.3, 0.4) is 0 Å². The first-order chi connectivity index (χ1) is 8.90. The van der Waals surface area contributed by atoms with Crippen LogP contribution in [0.5, 0.6) is 0 Å². The lowest BCUT2D eigenvalue weighted by Crippen LogP contribution is -2.45. The van der Waals surface area contributed by atoms with Gasteiger partial charge >= 0.3 is 0 Å². The Hall–Kier alpha value is -2.11. The summed E-state index contributed by atoms with van der Waals surface area (Å²) < 4.78 is 0. The van der Waals surface area contributed by atoms with E-state index in [0.29, 0.717) is 18.0 Å². The average molecular weight is 264 g/mol. The van der Waals surface area contributed by atoms with Crippen molar-refractivity contribution in [2.24, 2.45) is 5.92 Å². The fourth-order valence-corrected chi connectivity index (χ4v) is 1.39. The van der Waals surface area contributed by atoms with Gasteiger partial charge in [-0.15, -0.1) is 0 Å². The molecule has 0 fully saturated rings. The second kappa shape index (κ2) is 6.72. The van der Waals surface area contributed by atoms with Crippen LogP contribution in [0.4, 0.5) is 5.82 Å². The van der Waals surface area contributed by atoms with Crippen molar-refractivity contribution in [3.05, 3.63) is 23.9 Å². The molecule has 1 heterocycles. The Morgan fingerprint density at radius 3 is 2.63 bits per heavy atom. The number of aromatic nitrogens is 1. The molecule has 1 atom stereocenters. The Morgan fingerprint density at radius 1 is 1.37 bits per heavy atom. The maximum absolute atomic E-state index is 11.9. The highest BCUT2D eigenvalue weighted by atomic mass is 16.2. The van der Waals surface area contributed by atoms with E-state index in [9.17, 15) is 9.59 Å². The van der Waals surface area contributed by atoms with Crippen LogP contribution in [0.15, 0.2) is 18.3 Å². The summed E-state index contributed by atoms with van der Waals surface area (Å²) >= 11 is 0. The summed E-state index contributed by atoms with van der Waals surface area (Å²) in [5, 5.41) is 5.37. The molecule has 4 N–H and O–H groups in total. The number of rotatable bonds is 5. The van der Waals surface area contributed by atoms with Crippen LogP contribution >= 0.6 is 0 Å². The maximum Gasteiger partial charge on any atom is 0.252 e. The van der Waals surface area contributed by atoms with Gasteiger partial charge < -0.3 is 16.4 Å². The number of hydrogen-bond donors (Lipinski definition) is 3. The zero-order valence-electron chi connectivity index (χ0n) is 11.4. The summed E-state index contributed by atoms with van der Waals surface area (Å²) in [5.41, 5.74) is 5.88. The van der Waals surface area contributed by atoms with Gasteiger partial charge in [0, 0.05) is 18.3 Å². The van der Waals surface area contributed by atoms with E-state index in [0.717, 1.165) is 0 Å². The van der Waals surface area contributed by atoms with Gasteiger partial charge in [0.25, 0.3) is 5.91 Å². The summed E-state index contributed by atoms with van der Waals surface area (Å²) in [5.74, 6) is 0.0850. The third kappa shape index (κ3) is 4.95. The first-order valence-electron chi connectivity index (χ1n) is 6.20. The summed E-state index contributed by atoms with van der Waals surface area (Å²) in [4.78, 5) is 27.4. The highest BCUT2D eigenvalue weighted by Crippen LogP contribution is 2.03. The molecule has 0 spiro atoms. The van der Waals surface area contributed by atoms with E-state index >= 15 is 0 Å². The quantitative estimate of drug-likeness (QED) is 0.723. The molecule has 0 bridgehead atoms. The van der Waals surface area contributed by atoms with Crippen molar-refractivity contribution in [3.8, 4) is 0 Å². The molecule has 1 aromatic heterocycles. The maximum atomic E-state index is 11.9. The highest BCUT2D eigenvalue weighted by Gasteiger charge is 2.16. The molecule has 0 saturated heterocycles. The van der Waals surface area contributed by atoms with Gasteiger partial charge in [-0.3, -0.25) is 9.59 Å². The SMILES string of the molecule is CC(C)CNC(=O)C(C)NC(=O)c1ccnc(N)c1. The molecule has 1 aromatic rings. The predicted octanol–water partition coefficient (Wildman–Crippen LogP) is 0.554. The van der Waals surface area contributed by atoms with Crippen LogP contribution < -0.4 is 16.4 Å². The minimum atomic E-state index is -0.597. The number of carbonyl (C=O) groups is 2. The number of pyridine rings is 1. The molecule has 1 rings (SSSR count). The Kier molecular flexibility index (Phi) is 5.29. The van der Waals surface area contributed by atoms with Crippen molar-refractivity contribution < 1.29 is 9.59 Å². The third-order valence-electron chi connectivity index (χ3n) is 2.47. The molecule has 0 aliphatic heterocycles. The number of amides is 2. The summed E-state index contributed by atoms with van der Waals surface area (Å²) in [7, 11) is 0. The van der Waals surface area contributed by atoms with Crippen molar-refractivity contribution in [3.63, 3.8) is 0 Å². The zero-order chi connectivity index (χ0) is 14.4. The van der Waals surface area contributed by atoms with Gasteiger partial charge in [-0.25, -0.2) is 4.98 Å². The van der Waals surface area contributed by atoms with Crippen LogP contribution in [-0.4, -0.2) is 29.4 Å². The van der Waals surface area contributed by atoms with E-state index < -0.39 is 6.04 Å². The molecular weight excluding hydrogens is 244 g/mol. The van der Waals surface area contributed by atoms with Gasteiger partial charge in [0.1, 0.15) is 11.9 Å². The lowest BCUT2D eigenvalue weighted by atomic mass is 10.2. The lowest BCUT2D eigenvalue weighted by molar-refractivity contribution is -0.122. The molecule has 1 unspecified atom stereocenters. The van der Waals surface area contributed by atoms with Crippen molar-refractivity contribution >= 4 is 17.6 Å². The summed E-state index contributed by atoms with van der Waals surface area (Å²) in [6, 6.07) is 2.42. The highest BCUT2D eigenvalue weighted by molar-refractivity contribution is 5.97. The molecule has 19 heavy (non-hydrogen) atoms. The molecule has 6 nitrogen and oxygen atoms in total. The number of hydrogen-bond acceptors (Lipinski definition) is 4. The van der Waals surface area contributed by atoms with Crippen molar-refractivity contribution in [1.82, 2.24) is 15.6 Å². The van der Waals surface area contributed by atoms with E-state index in [4.69, 9.17) is 5.73 Å². The predicted molar refractivity (Wildman–Crippen MR) is 73.4 cm³/mol. The number of anilines is 1. The van der Waals surface area contributed by atoms with Crippen molar-refractivity contribution in [2.45, 2.75) is 26.8 Å².